The first-order chi connectivity index (χ1) is 12.2. The Morgan fingerprint density at radius 2 is 1.92 bits per heavy atom. The van der Waals surface area contributed by atoms with Crippen LogP contribution < -0.4 is 10.1 Å². The molecule has 0 radical (unpaired) electrons. The molecular weight excluding hydrogens is 332 g/mol. The van der Waals surface area contributed by atoms with E-state index >= 15 is 0 Å². The third kappa shape index (κ3) is 5.13. The SMILES string of the molecule is CC(C)CCOc1ccc(C(C)NC(=O)N2CCC(C)(C(=O)O)C2)cc1. The van der Waals surface area contributed by atoms with Crippen molar-refractivity contribution in [3.63, 3.8) is 0 Å². The molecule has 0 aliphatic carbocycles. The summed E-state index contributed by atoms with van der Waals surface area (Å²) in [5.41, 5.74) is 0.130. The van der Waals surface area contributed by atoms with E-state index in [-0.39, 0.29) is 18.6 Å². The number of nitrogens with one attached hydrogen (secondary N) is 1. The van der Waals surface area contributed by atoms with Crippen molar-refractivity contribution in [2.75, 3.05) is 19.7 Å². The van der Waals surface area contributed by atoms with Crippen LogP contribution in [0.25, 0.3) is 0 Å². The minimum Gasteiger partial charge on any atom is -0.494 e. The van der Waals surface area contributed by atoms with E-state index in [1.807, 2.05) is 31.2 Å². The van der Waals surface area contributed by atoms with E-state index in [0.717, 1.165) is 17.7 Å². The van der Waals surface area contributed by atoms with Crippen LogP contribution in [-0.2, 0) is 4.79 Å². The highest BCUT2D eigenvalue weighted by Crippen LogP contribution is 2.30. The van der Waals surface area contributed by atoms with Crippen molar-refractivity contribution in [1.29, 1.82) is 0 Å². The van der Waals surface area contributed by atoms with Gasteiger partial charge >= 0.3 is 12.0 Å². The summed E-state index contributed by atoms with van der Waals surface area (Å²) in [6.07, 6.45) is 1.49. The molecule has 6 heteroatoms. The zero-order valence-electron chi connectivity index (χ0n) is 16.1. The first-order valence-corrected chi connectivity index (χ1v) is 9.23. The second-order valence-corrected chi connectivity index (χ2v) is 7.81. The standard InChI is InChI=1S/C20H30N2O4/c1-14(2)9-12-26-17-7-5-16(6-8-17)15(3)21-19(25)22-11-10-20(4,13-22)18(23)24/h5-8,14-15H,9-13H2,1-4H3,(H,21,25)(H,23,24). The second kappa shape index (κ2) is 8.43. The van der Waals surface area contributed by atoms with Gasteiger partial charge in [-0.05, 0) is 50.3 Å². The zero-order chi connectivity index (χ0) is 19.3. The minimum absolute atomic E-state index is 0.163. The maximum absolute atomic E-state index is 12.4. The average molecular weight is 362 g/mol. The van der Waals surface area contributed by atoms with Crippen LogP contribution in [0.1, 0.15) is 52.1 Å². The Labute approximate surface area is 155 Å². The Balaban J connectivity index is 1.86. The van der Waals surface area contributed by atoms with Gasteiger partial charge in [0, 0.05) is 13.1 Å². The number of carboxylic acid groups (broad SMARTS) is 1. The highest BCUT2D eigenvalue weighted by Gasteiger charge is 2.42. The number of ether oxygens (including phenoxy) is 1. The normalized spacial score (nSPS) is 20.9. The van der Waals surface area contributed by atoms with Crippen LogP contribution in [0.3, 0.4) is 0 Å². The van der Waals surface area contributed by atoms with E-state index < -0.39 is 11.4 Å². The van der Waals surface area contributed by atoms with Gasteiger partial charge in [-0.25, -0.2) is 4.79 Å². The van der Waals surface area contributed by atoms with Crippen LogP contribution in [0.5, 0.6) is 5.75 Å². The topological polar surface area (TPSA) is 78.9 Å². The van der Waals surface area contributed by atoms with Gasteiger partial charge in [0.1, 0.15) is 5.75 Å². The number of urea groups is 1. The lowest BCUT2D eigenvalue weighted by Crippen LogP contribution is -2.41. The number of amides is 2. The summed E-state index contributed by atoms with van der Waals surface area (Å²) in [7, 11) is 0. The smallest absolute Gasteiger partial charge is 0.317 e. The lowest BCUT2D eigenvalue weighted by atomic mass is 9.90. The quantitative estimate of drug-likeness (QED) is 0.775. The van der Waals surface area contributed by atoms with Crippen molar-refractivity contribution in [3.05, 3.63) is 29.8 Å². The summed E-state index contributed by atoms with van der Waals surface area (Å²) in [6.45, 7) is 9.32. The van der Waals surface area contributed by atoms with Gasteiger partial charge in [-0.2, -0.15) is 0 Å². The highest BCUT2D eigenvalue weighted by atomic mass is 16.5. The molecule has 0 saturated carbocycles. The molecule has 1 saturated heterocycles. The second-order valence-electron chi connectivity index (χ2n) is 7.81. The number of carbonyl (C=O) groups excluding carboxylic acids is 1. The maximum atomic E-state index is 12.4. The van der Waals surface area contributed by atoms with Gasteiger partial charge in [-0.3, -0.25) is 4.79 Å². The van der Waals surface area contributed by atoms with Gasteiger partial charge in [0.25, 0.3) is 0 Å². The van der Waals surface area contributed by atoms with Crippen LogP contribution in [0.4, 0.5) is 4.79 Å². The molecule has 1 fully saturated rings. The first-order valence-electron chi connectivity index (χ1n) is 9.23. The predicted octanol–water partition coefficient (Wildman–Crippen LogP) is 3.68. The van der Waals surface area contributed by atoms with E-state index in [9.17, 15) is 14.7 Å². The van der Waals surface area contributed by atoms with Crippen LogP contribution in [0, 0.1) is 11.3 Å². The third-order valence-corrected chi connectivity index (χ3v) is 4.96. The van der Waals surface area contributed by atoms with Crippen LogP contribution in [0.15, 0.2) is 24.3 Å². The highest BCUT2D eigenvalue weighted by molar-refractivity contribution is 5.79. The monoisotopic (exact) mass is 362 g/mol. The Hall–Kier alpha value is -2.24. The van der Waals surface area contributed by atoms with Gasteiger partial charge in [-0.1, -0.05) is 26.0 Å². The number of carbonyl (C=O) groups is 2. The lowest BCUT2D eigenvalue weighted by molar-refractivity contribution is -0.147. The van der Waals surface area contributed by atoms with Crippen molar-refractivity contribution in [3.8, 4) is 5.75 Å². The molecule has 2 amide bonds. The first kappa shape index (κ1) is 20.1. The van der Waals surface area contributed by atoms with Crippen LogP contribution in [-0.4, -0.2) is 41.7 Å². The Bertz CT molecular complexity index is 629. The molecular formula is C20H30N2O4. The molecule has 1 aromatic rings. The van der Waals surface area contributed by atoms with Gasteiger partial charge in [0.15, 0.2) is 0 Å². The number of hydrogen-bond acceptors (Lipinski definition) is 3. The fourth-order valence-electron chi connectivity index (χ4n) is 2.93. The molecule has 1 heterocycles. The number of nitrogens with zero attached hydrogens (tertiary/aromatic N) is 1. The maximum Gasteiger partial charge on any atom is 0.317 e. The summed E-state index contributed by atoms with van der Waals surface area (Å²) in [4.78, 5) is 25.3. The fraction of sp³-hybridized carbons (Fsp3) is 0.600. The summed E-state index contributed by atoms with van der Waals surface area (Å²) < 4.78 is 5.71. The molecule has 0 aromatic heterocycles. The predicted molar refractivity (Wildman–Crippen MR) is 100 cm³/mol. The van der Waals surface area contributed by atoms with Crippen LogP contribution >= 0.6 is 0 Å². The molecule has 144 valence electrons. The lowest BCUT2D eigenvalue weighted by Gasteiger charge is -2.23. The molecule has 1 aliphatic heterocycles. The summed E-state index contributed by atoms with van der Waals surface area (Å²) in [5, 5.41) is 12.2. The van der Waals surface area contributed by atoms with E-state index in [1.165, 1.54) is 0 Å². The molecule has 2 atom stereocenters. The number of benzene rings is 1. The largest absolute Gasteiger partial charge is 0.494 e. The third-order valence-electron chi connectivity index (χ3n) is 4.96. The summed E-state index contributed by atoms with van der Waals surface area (Å²) >= 11 is 0. The van der Waals surface area contributed by atoms with Gasteiger partial charge in [-0.15, -0.1) is 0 Å². The van der Waals surface area contributed by atoms with E-state index in [2.05, 4.69) is 19.2 Å². The molecule has 2 unspecified atom stereocenters. The summed E-state index contributed by atoms with van der Waals surface area (Å²) in [6, 6.07) is 7.33. The van der Waals surface area contributed by atoms with Crippen molar-refractivity contribution in [2.24, 2.45) is 11.3 Å². The molecule has 0 spiro atoms. The molecule has 2 rings (SSSR count). The van der Waals surface area contributed by atoms with Crippen molar-refractivity contribution < 1.29 is 19.4 Å². The van der Waals surface area contributed by atoms with Crippen molar-refractivity contribution >= 4 is 12.0 Å². The van der Waals surface area contributed by atoms with E-state index in [1.54, 1.807) is 11.8 Å². The Morgan fingerprint density at radius 1 is 1.27 bits per heavy atom. The molecule has 0 bridgehead atoms. The number of rotatable bonds is 7. The molecule has 6 nitrogen and oxygen atoms in total. The zero-order valence-corrected chi connectivity index (χ0v) is 16.1. The number of hydrogen-bond donors (Lipinski definition) is 2. The minimum atomic E-state index is -0.853. The Morgan fingerprint density at radius 3 is 2.46 bits per heavy atom. The van der Waals surface area contributed by atoms with Gasteiger partial charge < -0.3 is 20.1 Å². The van der Waals surface area contributed by atoms with E-state index in [0.29, 0.717) is 25.5 Å². The fourth-order valence-corrected chi connectivity index (χ4v) is 2.93. The molecule has 1 aromatic carbocycles. The number of aliphatic carboxylic acids is 1. The molecule has 26 heavy (non-hydrogen) atoms. The van der Waals surface area contributed by atoms with E-state index in [4.69, 9.17) is 4.74 Å². The average Bonchev–Trinajstić information content (AvgIpc) is 2.99. The number of likely N-dealkylation sites (tertiary alicyclic amines) is 1. The molecule has 1 aliphatic rings. The molecule has 2 N–H and O–H groups in total. The summed E-state index contributed by atoms with van der Waals surface area (Å²) in [5.74, 6) is 0.580. The van der Waals surface area contributed by atoms with Crippen molar-refractivity contribution in [2.45, 2.75) is 46.6 Å². The Kier molecular flexibility index (Phi) is 6.51. The number of carboxylic acids is 1. The van der Waals surface area contributed by atoms with Gasteiger partial charge in [0.2, 0.25) is 0 Å². The van der Waals surface area contributed by atoms with Crippen molar-refractivity contribution in [1.82, 2.24) is 10.2 Å². The van der Waals surface area contributed by atoms with Gasteiger partial charge in [0.05, 0.1) is 18.1 Å². The van der Waals surface area contributed by atoms with Crippen LogP contribution in [0.2, 0.25) is 0 Å².